The lowest BCUT2D eigenvalue weighted by atomic mass is 10.0. The molecular formula is C21H29N5. The molecule has 5 heteroatoms. The summed E-state index contributed by atoms with van der Waals surface area (Å²) in [5.41, 5.74) is 3.81. The van der Waals surface area contributed by atoms with Gasteiger partial charge in [-0.3, -0.25) is 0 Å². The lowest BCUT2D eigenvalue weighted by Gasteiger charge is -2.33. The van der Waals surface area contributed by atoms with E-state index < -0.39 is 0 Å². The number of nitrogens with zero attached hydrogens (tertiary/aromatic N) is 4. The zero-order valence-electron chi connectivity index (χ0n) is 15.7. The van der Waals surface area contributed by atoms with Gasteiger partial charge in [0, 0.05) is 56.2 Å². The smallest absolute Gasteiger partial charge is 0.132 e. The SMILES string of the molecule is Cc1cc(N2CCC(NCc3cccc(N4CCCC4)c3)CC2)ncn1. The zero-order valence-corrected chi connectivity index (χ0v) is 15.7. The quantitative estimate of drug-likeness (QED) is 0.896. The van der Waals surface area contributed by atoms with E-state index in [9.17, 15) is 0 Å². The topological polar surface area (TPSA) is 44.3 Å². The van der Waals surface area contributed by atoms with Gasteiger partial charge in [0.2, 0.25) is 0 Å². The van der Waals surface area contributed by atoms with Crippen LogP contribution in [0.2, 0.25) is 0 Å². The molecule has 2 saturated heterocycles. The highest BCUT2D eigenvalue weighted by molar-refractivity contribution is 5.49. The van der Waals surface area contributed by atoms with E-state index in [0.29, 0.717) is 6.04 Å². The number of nitrogens with one attached hydrogen (secondary N) is 1. The molecule has 2 fully saturated rings. The summed E-state index contributed by atoms with van der Waals surface area (Å²) in [7, 11) is 0. The highest BCUT2D eigenvalue weighted by Gasteiger charge is 2.20. The second-order valence-electron chi connectivity index (χ2n) is 7.52. The van der Waals surface area contributed by atoms with Crippen LogP contribution >= 0.6 is 0 Å². The first kappa shape index (κ1) is 17.3. The number of benzene rings is 1. The predicted molar refractivity (Wildman–Crippen MR) is 107 cm³/mol. The normalized spacial score (nSPS) is 18.5. The number of rotatable bonds is 5. The van der Waals surface area contributed by atoms with Crippen LogP contribution in [0, 0.1) is 6.92 Å². The molecule has 0 saturated carbocycles. The molecule has 0 spiro atoms. The summed E-state index contributed by atoms with van der Waals surface area (Å²) >= 11 is 0. The number of piperidine rings is 1. The van der Waals surface area contributed by atoms with Crippen LogP contribution in [-0.4, -0.2) is 42.2 Å². The van der Waals surface area contributed by atoms with Crippen molar-refractivity contribution >= 4 is 11.5 Å². The first-order valence-electron chi connectivity index (χ1n) is 9.89. The van der Waals surface area contributed by atoms with Gasteiger partial charge in [0.05, 0.1) is 0 Å². The third-order valence-electron chi connectivity index (χ3n) is 5.58. The molecule has 1 aromatic heterocycles. The van der Waals surface area contributed by atoms with Gasteiger partial charge in [-0.15, -0.1) is 0 Å². The van der Waals surface area contributed by atoms with Crippen LogP contribution in [-0.2, 0) is 6.54 Å². The highest BCUT2D eigenvalue weighted by Crippen LogP contribution is 2.22. The molecule has 0 radical (unpaired) electrons. The van der Waals surface area contributed by atoms with Crippen LogP contribution < -0.4 is 15.1 Å². The Bertz CT molecular complexity index is 718. The van der Waals surface area contributed by atoms with Crippen molar-refractivity contribution in [3.63, 3.8) is 0 Å². The molecule has 138 valence electrons. The lowest BCUT2D eigenvalue weighted by molar-refractivity contribution is 0.412. The van der Waals surface area contributed by atoms with Gasteiger partial charge in [-0.2, -0.15) is 0 Å². The lowest BCUT2D eigenvalue weighted by Crippen LogP contribution is -2.42. The van der Waals surface area contributed by atoms with Crippen molar-refractivity contribution in [2.75, 3.05) is 36.0 Å². The van der Waals surface area contributed by atoms with Crippen LogP contribution in [0.4, 0.5) is 11.5 Å². The average Bonchev–Trinajstić information content (AvgIpc) is 3.22. The molecule has 3 heterocycles. The highest BCUT2D eigenvalue weighted by atomic mass is 15.2. The molecule has 0 unspecified atom stereocenters. The number of hydrogen-bond donors (Lipinski definition) is 1. The van der Waals surface area contributed by atoms with E-state index >= 15 is 0 Å². The van der Waals surface area contributed by atoms with Crippen molar-refractivity contribution in [1.29, 1.82) is 0 Å². The van der Waals surface area contributed by atoms with E-state index in [4.69, 9.17) is 0 Å². The van der Waals surface area contributed by atoms with E-state index in [1.54, 1.807) is 6.33 Å². The summed E-state index contributed by atoms with van der Waals surface area (Å²) in [5, 5.41) is 3.76. The molecule has 4 rings (SSSR count). The third kappa shape index (κ3) is 4.15. The first-order valence-corrected chi connectivity index (χ1v) is 9.89. The maximum atomic E-state index is 4.42. The minimum absolute atomic E-state index is 0.588. The van der Waals surface area contributed by atoms with Crippen molar-refractivity contribution in [3.8, 4) is 0 Å². The summed E-state index contributed by atoms with van der Waals surface area (Å²) in [6.07, 6.45) is 6.64. The standard InChI is InChI=1S/C21H29N5/c1-17-13-21(24-16-23-17)26-11-7-19(8-12-26)22-15-18-5-4-6-20(14-18)25-9-2-3-10-25/h4-6,13-14,16,19,22H,2-3,7-12,15H2,1H3. The largest absolute Gasteiger partial charge is 0.372 e. The van der Waals surface area contributed by atoms with Gasteiger partial charge >= 0.3 is 0 Å². The predicted octanol–water partition coefficient (Wildman–Crippen LogP) is 3.14. The van der Waals surface area contributed by atoms with Crippen molar-refractivity contribution in [1.82, 2.24) is 15.3 Å². The van der Waals surface area contributed by atoms with Crippen molar-refractivity contribution < 1.29 is 0 Å². The number of aryl methyl sites for hydroxylation is 1. The molecule has 1 N–H and O–H groups in total. The van der Waals surface area contributed by atoms with Crippen LogP contribution in [0.1, 0.15) is 36.9 Å². The van der Waals surface area contributed by atoms with E-state index in [2.05, 4.69) is 55.4 Å². The van der Waals surface area contributed by atoms with Crippen molar-refractivity contribution in [2.45, 2.75) is 45.2 Å². The molecule has 5 nitrogen and oxygen atoms in total. The Morgan fingerprint density at radius 2 is 1.81 bits per heavy atom. The minimum atomic E-state index is 0.588. The van der Waals surface area contributed by atoms with Crippen molar-refractivity contribution in [2.24, 2.45) is 0 Å². The van der Waals surface area contributed by atoms with Gasteiger partial charge < -0.3 is 15.1 Å². The van der Waals surface area contributed by atoms with E-state index in [-0.39, 0.29) is 0 Å². The molecular weight excluding hydrogens is 322 g/mol. The number of hydrogen-bond acceptors (Lipinski definition) is 5. The summed E-state index contributed by atoms with van der Waals surface area (Å²) in [6, 6.07) is 11.7. The zero-order chi connectivity index (χ0) is 17.8. The summed E-state index contributed by atoms with van der Waals surface area (Å²) in [4.78, 5) is 13.5. The second-order valence-corrected chi connectivity index (χ2v) is 7.52. The van der Waals surface area contributed by atoms with Gasteiger partial charge in [0.15, 0.2) is 0 Å². The number of anilines is 2. The van der Waals surface area contributed by atoms with Crippen LogP contribution in [0.3, 0.4) is 0 Å². The molecule has 2 aliphatic heterocycles. The first-order chi connectivity index (χ1) is 12.8. The van der Waals surface area contributed by atoms with Crippen LogP contribution in [0.25, 0.3) is 0 Å². The van der Waals surface area contributed by atoms with Crippen molar-refractivity contribution in [3.05, 3.63) is 47.9 Å². The second kappa shape index (κ2) is 8.04. The molecule has 26 heavy (non-hydrogen) atoms. The van der Waals surface area contributed by atoms with Gasteiger partial charge in [-0.1, -0.05) is 12.1 Å². The fourth-order valence-electron chi connectivity index (χ4n) is 4.03. The van der Waals surface area contributed by atoms with Gasteiger partial charge in [-0.25, -0.2) is 9.97 Å². The van der Waals surface area contributed by atoms with Crippen LogP contribution in [0.15, 0.2) is 36.7 Å². The fourth-order valence-corrected chi connectivity index (χ4v) is 4.03. The minimum Gasteiger partial charge on any atom is -0.372 e. The Kier molecular flexibility index (Phi) is 5.34. The summed E-state index contributed by atoms with van der Waals surface area (Å²) in [6.45, 7) is 7.51. The Hall–Kier alpha value is -2.14. The Morgan fingerprint density at radius 1 is 1.00 bits per heavy atom. The van der Waals surface area contributed by atoms with E-state index in [1.807, 2.05) is 6.92 Å². The summed E-state index contributed by atoms with van der Waals surface area (Å²) in [5.74, 6) is 1.06. The molecule has 2 aromatic rings. The van der Waals surface area contributed by atoms with Gasteiger partial charge in [0.25, 0.3) is 0 Å². The van der Waals surface area contributed by atoms with Gasteiger partial charge in [0.1, 0.15) is 12.1 Å². The maximum absolute atomic E-state index is 4.42. The number of aromatic nitrogens is 2. The Labute approximate surface area is 156 Å². The third-order valence-corrected chi connectivity index (χ3v) is 5.58. The molecule has 0 bridgehead atoms. The van der Waals surface area contributed by atoms with Gasteiger partial charge in [-0.05, 0) is 50.3 Å². The van der Waals surface area contributed by atoms with E-state index in [0.717, 1.165) is 44.0 Å². The summed E-state index contributed by atoms with van der Waals surface area (Å²) < 4.78 is 0. The molecule has 0 atom stereocenters. The maximum Gasteiger partial charge on any atom is 0.132 e. The molecule has 1 aromatic carbocycles. The fraction of sp³-hybridized carbons (Fsp3) is 0.524. The van der Waals surface area contributed by atoms with Crippen LogP contribution in [0.5, 0.6) is 0 Å². The monoisotopic (exact) mass is 351 g/mol. The Balaban J connectivity index is 1.28. The van der Waals surface area contributed by atoms with E-state index in [1.165, 1.54) is 37.2 Å². The molecule has 0 amide bonds. The average molecular weight is 351 g/mol. The molecule has 0 aliphatic carbocycles. The molecule has 2 aliphatic rings. The Morgan fingerprint density at radius 3 is 2.58 bits per heavy atom.